The first-order valence-electron chi connectivity index (χ1n) is 7.40. The summed E-state index contributed by atoms with van der Waals surface area (Å²) in [4.78, 5) is 12.8. The molecule has 4 atom stereocenters. The third-order valence-corrected chi connectivity index (χ3v) is 3.97. The molecule has 0 amide bonds. The highest BCUT2D eigenvalue weighted by molar-refractivity contribution is 5.76. The van der Waals surface area contributed by atoms with E-state index in [9.17, 15) is 15.3 Å². The summed E-state index contributed by atoms with van der Waals surface area (Å²) in [6, 6.07) is 0. The SMILES string of the molecule is CCOc1nc(C)nc2c1ncn2C1O[C@H](CO)[C@@H](O)[C@@]1(C)O. The van der Waals surface area contributed by atoms with Crippen LogP contribution < -0.4 is 4.74 Å². The van der Waals surface area contributed by atoms with Gasteiger partial charge in [0.05, 0.1) is 19.5 Å². The maximum atomic E-state index is 10.6. The number of aromatic nitrogens is 4. The Balaban J connectivity index is 2.10. The van der Waals surface area contributed by atoms with Gasteiger partial charge in [0.25, 0.3) is 0 Å². The van der Waals surface area contributed by atoms with Crippen LogP contribution in [0.15, 0.2) is 6.33 Å². The summed E-state index contributed by atoms with van der Waals surface area (Å²) in [6.07, 6.45) is -1.61. The van der Waals surface area contributed by atoms with E-state index in [1.54, 1.807) is 6.92 Å². The smallest absolute Gasteiger partial charge is 0.245 e. The number of ether oxygens (including phenoxy) is 2. The van der Waals surface area contributed by atoms with Gasteiger partial charge in [0, 0.05) is 0 Å². The zero-order valence-corrected chi connectivity index (χ0v) is 13.2. The second kappa shape index (κ2) is 5.68. The van der Waals surface area contributed by atoms with Crippen LogP contribution in [-0.4, -0.2) is 65.9 Å². The van der Waals surface area contributed by atoms with Crippen molar-refractivity contribution in [3.8, 4) is 5.88 Å². The molecule has 0 aliphatic carbocycles. The van der Waals surface area contributed by atoms with Crippen LogP contribution >= 0.6 is 0 Å². The summed E-state index contributed by atoms with van der Waals surface area (Å²) in [5.41, 5.74) is -0.734. The third kappa shape index (κ3) is 2.45. The van der Waals surface area contributed by atoms with Gasteiger partial charge < -0.3 is 24.8 Å². The number of fused-ring (bicyclic) bond motifs is 1. The van der Waals surface area contributed by atoms with E-state index in [0.717, 1.165) is 0 Å². The van der Waals surface area contributed by atoms with E-state index in [2.05, 4.69) is 15.0 Å². The fourth-order valence-corrected chi connectivity index (χ4v) is 2.79. The number of rotatable bonds is 4. The summed E-state index contributed by atoms with van der Waals surface area (Å²) in [5, 5.41) is 30.0. The monoisotopic (exact) mass is 324 g/mol. The van der Waals surface area contributed by atoms with Crippen molar-refractivity contribution in [3.05, 3.63) is 12.2 Å². The van der Waals surface area contributed by atoms with E-state index >= 15 is 0 Å². The van der Waals surface area contributed by atoms with Crippen LogP contribution in [0.5, 0.6) is 5.88 Å². The number of imidazole rings is 1. The van der Waals surface area contributed by atoms with Crippen LogP contribution in [0.25, 0.3) is 11.2 Å². The summed E-state index contributed by atoms with van der Waals surface area (Å²) < 4.78 is 12.6. The molecule has 0 radical (unpaired) electrons. The average Bonchev–Trinajstić information content (AvgIpc) is 3.00. The first-order chi connectivity index (χ1) is 10.9. The molecule has 1 aliphatic rings. The van der Waals surface area contributed by atoms with Crippen molar-refractivity contribution in [2.45, 2.75) is 44.8 Å². The zero-order valence-electron chi connectivity index (χ0n) is 13.2. The van der Waals surface area contributed by atoms with Crippen LogP contribution in [0, 0.1) is 6.92 Å². The van der Waals surface area contributed by atoms with Crippen molar-refractivity contribution in [1.82, 2.24) is 19.5 Å². The lowest BCUT2D eigenvalue weighted by atomic mass is 9.96. The molecule has 23 heavy (non-hydrogen) atoms. The van der Waals surface area contributed by atoms with Crippen LogP contribution in [-0.2, 0) is 4.74 Å². The van der Waals surface area contributed by atoms with Crippen molar-refractivity contribution in [2.24, 2.45) is 0 Å². The molecule has 126 valence electrons. The van der Waals surface area contributed by atoms with Gasteiger partial charge in [-0.15, -0.1) is 0 Å². The van der Waals surface area contributed by atoms with Crippen LogP contribution in [0.3, 0.4) is 0 Å². The number of aliphatic hydroxyl groups is 3. The Hall–Kier alpha value is -1.81. The summed E-state index contributed by atoms with van der Waals surface area (Å²) in [6.45, 7) is 5.03. The van der Waals surface area contributed by atoms with Crippen LogP contribution in [0.1, 0.15) is 25.9 Å². The molecule has 2 aromatic heterocycles. The first kappa shape index (κ1) is 16.1. The molecule has 3 rings (SSSR count). The number of nitrogens with zero attached hydrogens (tertiary/aromatic N) is 4. The Morgan fingerprint density at radius 1 is 1.43 bits per heavy atom. The van der Waals surface area contributed by atoms with Crippen LogP contribution in [0.4, 0.5) is 0 Å². The van der Waals surface area contributed by atoms with E-state index in [0.29, 0.717) is 29.5 Å². The molecule has 1 fully saturated rings. The molecule has 1 saturated heterocycles. The predicted octanol–water partition coefficient (Wildman–Crippen LogP) is -0.465. The summed E-state index contributed by atoms with van der Waals surface area (Å²) in [7, 11) is 0. The van der Waals surface area contributed by atoms with Crippen molar-refractivity contribution in [2.75, 3.05) is 13.2 Å². The number of aryl methyl sites for hydroxylation is 1. The molecule has 2 aromatic rings. The minimum atomic E-state index is -1.61. The van der Waals surface area contributed by atoms with Gasteiger partial charge in [-0.05, 0) is 20.8 Å². The van der Waals surface area contributed by atoms with E-state index < -0.39 is 30.6 Å². The Kier molecular flexibility index (Phi) is 3.96. The molecule has 1 aliphatic heterocycles. The Labute approximate surface area is 132 Å². The molecular weight excluding hydrogens is 304 g/mol. The highest BCUT2D eigenvalue weighted by Crippen LogP contribution is 2.39. The van der Waals surface area contributed by atoms with E-state index in [1.165, 1.54) is 17.8 Å². The molecule has 0 bridgehead atoms. The van der Waals surface area contributed by atoms with E-state index in [-0.39, 0.29) is 0 Å². The van der Waals surface area contributed by atoms with Gasteiger partial charge in [0.15, 0.2) is 17.4 Å². The first-order valence-corrected chi connectivity index (χ1v) is 7.40. The van der Waals surface area contributed by atoms with Gasteiger partial charge in [0.1, 0.15) is 23.6 Å². The Morgan fingerprint density at radius 3 is 2.78 bits per heavy atom. The van der Waals surface area contributed by atoms with Crippen molar-refractivity contribution in [1.29, 1.82) is 0 Å². The lowest BCUT2D eigenvalue weighted by Gasteiger charge is -2.27. The fourth-order valence-electron chi connectivity index (χ4n) is 2.79. The maximum absolute atomic E-state index is 10.6. The van der Waals surface area contributed by atoms with Crippen molar-refractivity contribution >= 4 is 11.2 Å². The number of aliphatic hydroxyl groups excluding tert-OH is 2. The maximum Gasteiger partial charge on any atom is 0.245 e. The van der Waals surface area contributed by atoms with Gasteiger partial charge in [0.2, 0.25) is 5.88 Å². The molecule has 3 heterocycles. The van der Waals surface area contributed by atoms with Gasteiger partial charge in [-0.1, -0.05) is 0 Å². The molecule has 0 saturated carbocycles. The summed E-state index contributed by atoms with van der Waals surface area (Å²) in [5.74, 6) is 0.838. The van der Waals surface area contributed by atoms with Gasteiger partial charge in [-0.2, -0.15) is 4.98 Å². The normalized spacial score (nSPS) is 31.0. The molecular formula is C14H20N4O5. The van der Waals surface area contributed by atoms with E-state index in [1.807, 2.05) is 6.92 Å². The highest BCUT2D eigenvalue weighted by Gasteiger charge is 2.53. The Morgan fingerprint density at radius 2 is 2.17 bits per heavy atom. The lowest BCUT2D eigenvalue weighted by Crippen LogP contribution is -2.44. The average molecular weight is 324 g/mol. The van der Waals surface area contributed by atoms with Gasteiger partial charge >= 0.3 is 0 Å². The standard InChI is InChI=1S/C14H20N4O5/c1-4-22-12-9-11(16-7(2)17-12)18(6-15-9)13-14(3,21)10(20)8(5-19)23-13/h6,8,10,13,19-21H,4-5H2,1-3H3/t8-,10-,13?,14-/m1/s1. The van der Waals surface area contributed by atoms with Crippen LogP contribution in [0.2, 0.25) is 0 Å². The highest BCUT2D eigenvalue weighted by atomic mass is 16.6. The molecule has 9 nitrogen and oxygen atoms in total. The fraction of sp³-hybridized carbons (Fsp3) is 0.643. The molecule has 0 aromatic carbocycles. The molecule has 3 N–H and O–H groups in total. The van der Waals surface area contributed by atoms with Gasteiger partial charge in [-0.25, -0.2) is 9.97 Å². The quantitative estimate of drug-likeness (QED) is 0.690. The largest absolute Gasteiger partial charge is 0.476 e. The Bertz CT molecular complexity index is 717. The predicted molar refractivity (Wildman–Crippen MR) is 78.9 cm³/mol. The molecule has 0 spiro atoms. The van der Waals surface area contributed by atoms with Gasteiger partial charge in [-0.3, -0.25) is 4.57 Å². The lowest BCUT2D eigenvalue weighted by molar-refractivity contribution is -0.0950. The van der Waals surface area contributed by atoms with Crippen molar-refractivity contribution in [3.63, 3.8) is 0 Å². The topological polar surface area (TPSA) is 123 Å². The number of hydrogen-bond acceptors (Lipinski definition) is 8. The molecule has 1 unspecified atom stereocenters. The molecule has 9 heteroatoms. The third-order valence-electron chi connectivity index (χ3n) is 3.97. The zero-order chi connectivity index (χ0) is 16.8. The van der Waals surface area contributed by atoms with E-state index in [4.69, 9.17) is 9.47 Å². The van der Waals surface area contributed by atoms with Crippen molar-refractivity contribution < 1.29 is 24.8 Å². The second-order valence-corrected chi connectivity index (χ2v) is 5.71. The minimum absolute atomic E-state index is 0.352. The summed E-state index contributed by atoms with van der Waals surface area (Å²) >= 11 is 0. The second-order valence-electron chi connectivity index (χ2n) is 5.71. The number of hydrogen-bond donors (Lipinski definition) is 3. The minimum Gasteiger partial charge on any atom is -0.476 e.